The highest BCUT2D eigenvalue weighted by Gasteiger charge is 2.05. The van der Waals surface area contributed by atoms with Crippen molar-refractivity contribution in [1.29, 1.82) is 0 Å². The van der Waals surface area contributed by atoms with Gasteiger partial charge in [-0.2, -0.15) is 0 Å². The van der Waals surface area contributed by atoms with Crippen LogP contribution in [0.15, 0.2) is 33.9 Å². The number of benzene rings is 1. The molecule has 0 aliphatic rings. The van der Waals surface area contributed by atoms with Crippen molar-refractivity contribution in [2.45, 2.75) is 18.5 Å². The second-order valence-electron chi connectivity index (χ2n) is 4.19. The molecule has 0 bridgehead atoms. The molecule has 0 unspecified atom stereocenters. The SMILES string of the molecule is CCc1cc(N)nc(SCCOc2ccc(F)cc2Br)n1. The predicted octanol–water partition coefficient (Wildman–Crippen LogP) is 3.69. The van der Waals surface area contributed by atoms with Gasteiger partial charge in [-0.05, 0) is 40.5 Å². The maximum absolute atomic E-state index is 12.9. The van der Waals surface area contributed by atoms with Gasteiger partial charge in [0.25, 0.3) is 0 Å². The molecule has 0 spiro atoms. The van der Waals surface area contributed by atoms with Crippen molar-refractivity contribution < 1.29 is 9.13 Å². The average molecular weight is 372 g/mol. The summed E-state index contributed by atoms with van der Waals surface area (Å²) in [6.45, 7) is 2.49. The Morgan fingerprint density at radius 2 is 2.14 bits per heavy atom. The van der Waals surface area contributed by atoms with Crippen molar-refractivity contribution in [2.24, 2.45) is 0 Å². The van der Waals surface area contributed by atoms with Gasteiger partial charge in [0, 0.05) is 17.5 Å². The first-order valence-corrected chi connectivity index (χ1v) is 8.20. The molecule has 2 rings (SSSR count). The van der Waals surface area contributed by atoms with Gasteiger partial charge in [0.05, 0.1) is 11.1 Å². The van der Waals surface area contributed by atoms with Crippen molar-refractivity contribution in [1.82, 2.24) is 9.97 Å². The van der Waals surface area contributed by atoms with E-state index in [1.165, 1.54) is 23.9 Å². The summed E-state index contributed by atoms with van der Waals surface area (Å²) < 4.78 is 19.1. The Kier molecular flexibility index (Phi) is 5.81. The van der Waals surface area contributed by atoms with E-state index in [1.54, 1.807) is 12.1 Å². The molecule has 2 N–H and O–H groups in total. The number of ether oxygens (including phenoxy) is 1. The number of hydrogen-bond acceptors (Lipinski definition) is 5. The number of halogens is 2. The lowest BCUT2D eigenvalue weighted by atomic mass is 10.3. The Morgan fingerprint density at radius 3 is 2.86 bits per heavy atom. The van der Waals surface area contributed by atoms with Crippen LogP contribution in [0.3, 0.4) is 0 Å². The third-order valence-electron chi connectivity index (χ3n) is 2.61. The quantitative estimate of drug-likeness (QED) is 0.476. The predicted molar refractivity (Wildman–Crippen MR) is 86.1 cm³/mol. The highest BCUT2D eigenvalue weighted by Crippen LogP contribution is 2.25. The van der Waals surface area contributed by atoms with E-state index < -0.39 is 0 Å². The molecule has 1 aromatic carbocycles. The fraction of sp³-hybridized carbons (Fsp3) is 0.286. The molecule has 0 fully saturated rings. The number of aromatic nitrogens is 2. The molecule has 0 aliphatic carbocycles. The Balaban J connectivity index is 1.86. The average Bonchev–Trinajstić information content (AvgIpc) is 2.44. The van der Waals surface area contributed by atoms with Crippen LogP contribution in [-0.4, -0.2) is 22.3 Å². The van der Waals surface area contributed by atoms with Gasteiger partial charge >= 0.3 is 0 Å². The smallest absolute Gasteiger partial charge is 0.189 e. The molecule has 0 atom stereocenters. The normalized spacial score (nSPS) is 10.6. The van der Waals surface area contributed by atoms with Crippen LogP contribution in [0.25, 0.3) is 0 Å². The Morgan fingerprint density at radius 1 is 1.33 bits per heavy atom. The van der Waals surface area contributed by atoms with Crippen LogP contribution < -0.4 is 10.5 Å². The zero-order chi connectivity index (χ0) is 15.2. The van der Waals surface area contributed by atoms with Crippen LogP contribution in [0.1, 0.15) is 12.6 Å². The zero-order valence-electron chi connectivity index (χ0n) is 11.5. The van der Waals surface area contributed by atoms with Crippen molar-refractivity contribution in [3.8, 4) is 5.75 Å². The summed E-state index contributed by atoms with van der Waals surface area (Å²) in [4.78, 5) is 8.55. The van der Waals surface area contributed by atoms with Crippen LogP contribution in [-0.2, 0) is 6.42 Å². The molecule has 4 nitrogen and oxygen atoms in total. The molecule has 1 heterocycles. The minimum Gasteiger partial charge on any atom is -0.492 e. The summed E-state index contributed by atoms with van der Waals surface area (Å²) >= 11 is 4.74. The van der Waals surface area contributed by atoms with Crippen molar-refractivity contribution in [3.05, 3.63) is 40.2 Å². The van der Waals surface area contributed by atoms with Gasteiger partial charge in [0.15, 0.2) is 5.16 Å². The third-order valence-corrected chi connectivity index (χ3v) is 4.04. The van der Waals surface area contributed by atoms with E-state index in [0.717, 1.165) is 12.1 Å². The first-order valence-electron chi connectivity index (χ1n) is 6.42. The minimum absolute atomic E-state index is 0.302. The monoisotopic (exact) mass is 371 g/mol. The third kappa shape index (κ3) is 4.86. The number of nitrogen functional groups attached to an aromatic ring is 1. The van der Waals surface area contributed by atoms with E-state index in [-0.39, 0.29) is 5.82 Å². The van der Waals surface area contributed by atoms with E-state index in [4.69, 9.17) is 10.5 Å². The van der Waals surface area contributed by atoms with Gasteiger partial charge in [-0.15, -0.1) is 0 Å². The number of aryl methyl sites for hydroxylation is 1. The number of anilines is 1. The van der Waals surface area contributed by atoms with Gasteiger partial charge in [0.2, 0.25) is 0 Å². The van der Waals surface area contributed by atoms with E-state index in [0.29, 0.717) is 33.6 Å². The second kappa shape index (κ2) is 7.61. The number of nitrogens with zero attached hydrogens (tertiary/aromatic N) is 2. The zero-order valence-corrected chi connectivity index (χ0v) is 13.9. The summed E-state index contributed by atoms with van der Waals surface area (Å²) in [6.07, 6.45) is 0.819. The number of hydrogen-bond donors (Lipinski definition) is 1. The van der Waals surface area contributed by atoms with Crippen LogP contribution in [0, 0.1) is 5.82 Å². The molecule has 0 saturated heterocycles. The molecular formula is C14H15BrFN3OS. The topological polar surface area (TPSA) is 61.0 Å². The van der Waals surface area contributed by atoms with E-state index in [9.17, 15) is 4.39 Å². The standard InChI is InChI=1S/C14H15BrFN3OS/c1-2-10-8-13(17)19-14(18-10)21-6-5-20-12-4-3-9(16)7-11(12)15/h3-4,7-8H,2,5-6H2,1H3,(H2,17,18,19). The van der Waals surface area contributed by atoms with Crippen molar-refractivity contribution in [2.75, 3.05) is 18.1 Å². The van der Waals surface area contributed by atoms with Crippen molar-refractivity contribution >= 4 is 33.5 Å². The maximum Gasteiger partial charge on any atom is 0.189 e. The minimum atomic E-state index is -0.302. The van der Waals surface area contributed by atoms with Crippen LogP contribution in [0.2, 0.25) is 0 Å². The molecule has 112 valence electrons. The van der Waals surface area contributed by atoms with Gasteiger partial charge < -0.3 is 10.5 Å². The summed E-state index contributed by atoms with van der Waals surface area (Å²) in [6, 6.07) is 6.10. The lowest BCUT2D eigenvalue weighted by Gasteiger charge is -2.08. The molecule has 0 saturated carbocycles. The first kappa shape index (κ1) is 16.0. The Labute approximate surface area is 135 Å². The molecule has 1 aromatic heterocycles. The lowest BCUT2D eigenvalue weighted by molar-refractivity contribution is 0.341. The van der Waals surface area contributed by atoms with Gasteiger partial charge in [-0.1, -0.05) is 18.7 Å². The number of thioether (sulfide) groups is 1. The van der Waals surface area contributed by atoms with Gasteiger partial charge in [-0.3, -0.25) is 0 Å². The summed E-state index contributed by atoms with van der Waals surface area (Å²) in [5.74, 6) is 1.46. The number of rotatable bonds is 6. The second-order valence-corrected chi connectivity index (χ2v) is 6.11. The van der Waals surface area contributed by atoms with E-state index in [1.807, 2.05) is 6.92 Å². The Hall–Kier alpha value is -1.34. The number of nitrogens with two attached hydrogens (primary N) is 1. The molecule has 0 amide bonds. The van der Waals surface area contributed by atoms with Crippen LogP contribution in [0.4, 0.5) is 10.2 Å². The molecule has 21 heavy (non-hydrogen) atoms. The molecule has 0 radical (unpaired) electrons. The van der Waals surface area contributed by atoms with Crippen LogP contribution in [0.5, 0.6) is 5.75 Å². The molecule has 0 aliphatic heterocycles. The van der Waals surface area contributed by atoms with E-state index >= 15 is 0 Å². The highest BCUT2D eigenvalue weighted by atomic mass is 79.9. The van der Waals surface area contributed by atoms with Crippen molar-refractivity contribution in [3.63, 3.8) is 0 Å². The summed E-state index contributed by atoms with van der Waals surface area (Å²) in [5.41, 5.74) is 6.65. The van der Waals surface area contributed by atoms with Gasteiger partial charge in [-0.25, -0.2) is 14.4 Å². The highest BCUT2D eigenvalue weighted by molar-refractivity contribution is 9.10. The van der Waals surface area contributed by atoms with Crippen LogP contribution >= 0.6 is 27.7 Å². The van der Waals surface area contributed by atoms with E-state index in [2.05, 4.69) is 25.9 Å². The largest absolute Gasteiger partial charge is 0.492 e. The first-order chi connectivity index (χ1) is 10.1. The summed E-state index contributed by atoms with van der Waals surface area (Å²) in [5, 5.41) is 0.647. The molecule has 2 aromatic rings. The lowest BCUT2D eigenvalue weighted by Crippen LogP contribution is -2.03. The fourth-order valence-corrected chi connectivity index (χ4v) is 2.78. The molecule has 7 heteroatoms. The molecular weight excluding hydrogens is 357 g/mol. The van der Waals surface area contributed by atoms with Gasteiger partial charge in [0.1, 0.15) is 17.4 Å². The maximum atomic E-state index is 12.9. The fourth-order valence-electron chi connectivity index (χ4n) is 1.62. The Bertz CT molecular complexity index is 627. The summed E-state index contributed by atoms with van der Waals surface area (Å²) in [7, 11) is 0.